The minimum atomic E-state index is -0.804. The van der Waals surface area contributed by atoms with Crippen molar-refractivity contribution in [1.82, 2.24) is 4.98 Å². The third-order valence-electron chi connectivity index (χ3n) is 1.82. The molecule has 0 unspecified atom stereocenters. The molecule has 2 aromatic rings. The van der Waals surface area contributed by atoms with Gasteiger partial charge < -0.3 is 4.42 Å². The highest BCUT2D eigenvalue weighted by Crippen LogP contribution is 2.06. The lowest BCUT2D eigenvalue weighted by Crippen LogP contribution is -2.14. The van der Waals surface area contributed by atoms with Crippen molar-refractivity contribution in [1.29, 1.82) is 0 Å². The second kappa shape index (κ2) is 2.95. The molecule has 2 rings (SSSR count). The first-order valence-corrected chi connectivity index (χ1v) is 3.83. The van der Waals surface area contributed by atoms with Crippen molar-refractivity contribution >= 4 is 17.2 Å². The van der Waals surface area contributed by atoms with Crippen molar-refractivity contribution in [3.8, 4) is 0 Å². The first-order chi connectivity index (χ1) is 6.70. The Kier molecular flexibility index (Phi) is 1.78. The Morgan fingerprint density at radius 3 is 2.79 bits per heavy atom. The highest BCUT2D eigenvalue weighted by Gasteiger charge is 2.02. The molecule has 5 nitrogen and oxygen atoms in total. The van der Waals surface area contributed by atoms with Gasteiger partial charge in [0.15, 0.2) is 0 Å². The van der Waals surface area contributed by atoms with Crippen molar-refractivity contribution in [3.63, 3.8) is 0 Å². The Balaban J connectivity index is 2.96. The summed E-state index contributed by atoms with van der Waals surface area (Å²) in [7, 11) is 0. The molecular formula is C9H5NO4. The van der Waals surface area contributed by atoms with E-state index in [4.69, 9.17) is 0 Å². The summed E-state index contributed by atoms with van der Waals surface area (Å²) in [4.78, 5) is 34.7. The van der Waals surface area contributed by atoms with Crippen LogP contribution in [0.5, 0.6) is 0 Å². The summed E-state index contributed by atoms with van der Waals surface area (Å²) in [5, 5.41) is 0.189. The SMILES string of the molecule is O=Cc1ccc2[nH]c(=O)oc(=O)c2c1. The van der Waals surface area contributed by atoms with Gasteiger partial charge >= 0.3 is 11.4 Å². The summed E-state index contributed by atoms with van der Waals surface area (Å²) in [6, 6.07) is 4.35. The zero-order chi connectivity index (χ0) is 10.1. The first kappa shape index (κ1) is 8.43. The van der Waals surface area contributed by atoms with Gasteiger partial charge in [0.2, 0.25) is 0 Å². The van der Waals surface area contributed by atoms with Gasteiger partial charge in [0.05, 0.1) is 10.9 Å². The fourth-order valence-corrected chi connectivity index (χ4v) is 1.19. The normalized spacial score (nSPS) is 10.3. The van der Waals surface area contributed by atoms with Crippen LogP contribution in [0.25, 0.3) is 10.9 Å². The molecule has 1 N–H and O–H groups in total. The molecule has 14 heavy (non-hydrogen) atoms. The number of rotatable bonds is 1. The molecule has 1 aromatic carbocycles. The Labute approximate surface area is 77.0 Å². The van der Waals surface area contributed by atoms with E-state index in [0.717, 1.165) is 0 Å². The fraction of sp³-hybridized carbons (Fsp3) is 0. The number of aromatic amines is 1. The van der Waals surface area contributed by atoms with Crippen LogP contribution in [0.3, 0.4) is 0 Å². The van der Waals surface area contributed by atoms with Gasteiger partial charge in [-0.05, 0) is 18.2 Å². The number of benzene rings is 1. The molecule has 0 spiro atoms. The second-order valence-electron chi connectivity index (χ2n) is 2.72. The van der Waals surface area contributed by atoms with Gasteiger partial charge in [-0.15, -0.1) is 0 Å². The summed E-state index contributed by atoms with van der Waals surface area (Å²) >= 11 is 0. The third kappa shape index (κ3) is 1.24. The zero-order valence-corrected chi connectivity index (χ0v) is 6.94. The smallest absolute Gasteiger partial charge is 0.372 e. The number of aldehydes is 1. The van der Waals surface area contributed by atoms with E-state index >= 15 is 0 Å². The summed E-state index contributed by atoms with van der Waals surface area (Å²) in [5.74, 6) is -0.804. The minimum absolute atomic E-state index is 0.189. The number of H-pyrrole nitrogens is 1. The van der Waals surface area contributed by atoms with Gasteiger partial charge in [0.1, 0.15) is 6.29 Å². The molecule has 0 saturated heterocycles. The summed E-state index contributed by atoms with van der Waals surface area (Å²) in [6.45, 7) is 0. The predicted octanol–water partition coefficient (Wildman–Crippen LogP) is 0.294. The summed E-state index contributed by atoms with van der Waals surface area (Å²) in [6.07, 6.45) is 0.615. The first-order valence-electron chi connectivity index (χ1n) is 3.83. The molecular weight excluding hydrogens is 186 g/mol. The molecule has 5 heteroatoms. The van der Waals surface area contributed by atoms with Crippen LogP contribution in [0, 0.1) is 0 Å². The highest BCUT2D eigenvalue weighted by molar-refractivity contribution is 5.85. The largest absolute Gasteiger partial charge is 0.419 e. The van der Waals surface area contributed by atoms with Crippen molar-refractivity contribution in [2.75, 3.05) is 0 Å². The van der Waals surface area contributed by atoms with Crippen LogP contribution < -0.4 is 11.4 Å². The number of carbonyl (C=O) groups excluding carboxylic acids is 1. The lowest BCUT2D eigenvalue weighted by molar-refractivity contribution is 0.112. The Hall–Kier alpha value is -2.17. The Bertz CT molecular complexity index is 608. The van der Waals surface area contributed by atoms with Gasteiger partial charge in [0.25, 0.3) is 0 Å². The lowest BCUT2D eigenvalue weighted by atomic mass is 10.2. The molecule has 0 amide bonds. The number of hydrogen-bond donors (Lipinski definition) is 1. The predicted molar refractivity (Wildman–Crippen MR) is 48.5 cm³/mol. The molecule has 0 aliphatic carbocycles. The van der Waals surface area contributed by atoms with Crippen LogP contribution >= 0.6 is 0 Å². The van der Waals surface area contributed by atoms with Crippen LogP contribution in [0.1, 0.15) is 10.4 Å². The van der Waals surface area contributed by atoms with Gasteiger partial charge in [-0.3, -0.25) is 9.78 Å². The topological polar surface area (TPSA) is 80.1 Å². The maximum Gasteiger partial charge on any atom is 0.419 e. The summed E-state index contributed by atoms with van der Waals surface area (Å²) < 4.78 is 4.31. The van der Waals surface area contributed by atoms with Gasteiger partial charge in [-0.2, -0.15) is 0 Å². The molecule has 70 valence electrons. The molecule has 0 saturated carbocycles. The van der Waals surface area contributed by atoms with Crippen molar-refractivity contribution in [2.45, 2.75) is 0 Å². The van der Waals surface area contributed by atoms with E-state index in [1.54, 1.807) is 0 Å². The van der Waals surface area contributed by atoms with Crippen molar-refractivity contribution < 1.29 is 9.21 Å². The number of carbonyl (C=O) groups is 1. The number of fused-ring (bicyclic) bond motifs is 1. The molecule has 1 heterocycles. The Morgan fingerprint density at radius 2 is 2.07 bits per heavy atom. The molecule has 0 aliphatic heterocycles. The third-order valence-corrected chi connectivity index (χ3v) is 1.82. The van der Waals surface area contributed by atoms with Gasteiger partial charge in [0, 0.05) is 5.56 Å². The molecule has 1 aromatic heterocycles. The molecule has 0 atom stereocenters. The average Bonchev–Trinajstić information content (AvgIpc) is 2.17. The number of nitrogens with one attached hydrogen (secondary N) is 1. The van der Waals surface area contributed by atoms with E-state index in [1.807, 2.05) is 0 Å². The minimum Gasteiger partial charge on any atom is -0.372 e. The monoisotopic (exact) mass is 191 g/mol. The van der Waals surface area contributed by atoms with E-state index in [2.05, 4.69) is 9.40 Å². The highest BCUT2D eigenvalue weighted by atomic mass is 16.4. The van der Waals surface area contributed by atoms with E-state index in [-0.39, 0.29) is 5.39 Å². The van der Waals surface area contributed by atoms with Crippen molar-refractivity contribution in [2.24, 2.45) is 0 Å². The van der Waals surface area contributed by atoms with Crippen LogP contribution in [-0.2, 0) is 0 Å². The van der Waals surface area contributed by atoms with Crippen molar-refractivity contribution in [3.05, 3.63) is 44.7 Å². The maximum absolute atomic E-state index is 11.2. The maximum atomic E-state index is 11.2. The van der Waals surface area contributed by atoms with Crippen LogP contribution in [0.15, 0.2) is 32.2 Å². The standard InChI is InChI=1S/C9H5NO4/c11-4-5-1-2-7-6(3-5)8(12)14-9(13)10-7/h1-4H,(H,10,13). The molecule has 0 fully saturated rings. The Morgan fingerprint density at radius 1 is 1.29 bits per heavy atom. The summed E-state index contributed by atoms with van der Waals surface area (Å²) in [5.41, 5.74) is -0.0267. The van der Waals surface area contributed by atoms with Crippen LogP contribution in [0.4, 0.5) is 0 Å². The van der Waals surface area contributed by atoms with E-state index in [1.165, 1.54) is 18.2 Å². The quantitative estimate of drug-likeness (QED) is 0.657. The lowest BCUT2D eigenvalue weighted by Gasteiger charge is -1.94. The van der Waals surface area contributed by atoms with Crippen LogP contribution in [0.2, 0.25) is 0 Å². The second-order valence-corrected chi connectivity index (χ2v) is 2.72. The molecule has 0 aliphatic rings. The zero-order valence-electron chi connectivity index (χ0n) is 6.94. The van der Waals surface area contributed by atoms with E-state index in [9.17, 15) is 14.4 Å². The van der Waals surface area contributed by atoms with Gasteiger partial charge in [-0.25, -0.2) is 9.59 Å². The average molecular weight is 191 g/mol. The molecule has 0 radical (unpaired) electrons. The van der Waals surface area contributed by atoms with E-state index in [0.29, 0.717) is 17.4 Å². The fourth-order valence-electron chi connectivity index (χ4n) is 1.19. The molecule has 0 bridgehead atoms. The number of aromatic nitrogens is 1. The number of hydrogen-bond acceptors (Lipinski definition) is 4. The van der Waals surface area contributed by atoms with E-state index < -0.39 is 11.4 Å². The van der Waals surface area contributed by atoms with Crippen LogP contribution in [-0.4, -0.2) is 11.3 Å². The van der Waals surface area contributed by atoms with Gasteiger partial charge in [-0.1, -0.05) is 0 Å².